The van der Waals surface area contributed by atoms with Gasteiger partial charge in [-0.3, -0.25) is 9.48 Å². The highest BCUT2D eigenvalue weighted by atomic mass is 16.3. The molecule has 0 saturated heterocycles. The van der Waals surface area contributed by atoms with Crippen LogP contribution in [0.15, 0.2) is 6.07 Å². The summed E-state index contributed by atoms with van der Waals surface area (Å²) in [5, 5.41) is 15.9. The second-order valence-electron chi connectivity index (χ2n) is 5.35. The Morgan fingerprint density at radius 1 is 1.59 bits per heavy atom. The lowest BCUT2D eigenvalue weighted by atomic mass is 9.92. The van der Waals surface area contributed by atoms with E-state index in [2.05, 4.69) is 10.4 Å². The van der Waals surface area contributed by atoms with Crippen LogP contribution in [0.2, 0.25) is 0 Å². The van der Waals surface area contributed by atoms with Crippen molar-refractivity contribution in [1.82, 2.24) is 15.1 Å². The molecule has 1 atom stereocenters. The highest BCUT2D eigenvalue weighted by molar-refractivity contribution is 5.92. The number of nitrogens with zero attached hydrogens (tertiary/aromatic N) is 2. The summed E-state index contributed by atoms with van der Waals surface area (Å²) in [5.74, 6) is -0.211. The minimum atomic E-state index is -0.254. The second kappa shape index (κ2) is 4.87. The molecular formula is C12H21N3O2. The summed E-state index contributed by atoms with van der Waals surface area (Å²) < 4.78 is 1.57. The summed E-state index contributed by atoms with van der Waals surface area (Å²) in [6.07, 6.45) is 0. The number of aliphatic hydroxyl groups excluding tert-OH is 1. The van der Waals surface area contributed by atoms with Gasteiger partial charge in [0.2, 0.25) is 0 Å². The van der Waals surface area contributed by atoms with Crippen molar-refractivity contribution in [2.75, 3.05) is 6.61 Å². The first kappa shape index (κ1) is 13.7. The van der Waals surface area contributed by atoms with Crippen molar-refractivity contribution in [3.63, 3.8) is 0 Å². The molecule has 1 aromatic rings. The van der Waals surface area contributed by atoms with Crippen molar-refractivity contribution < 1.29 is 9.90 Å². The third kappa shape index (κ3) is 3.30. The van der Waals surface area contributed by atoms with Crippen LogP contribution in [0.1, 0.15) is 43.9 Å². The van der Waals surface area contributed by atoms with Gasteiger partial charge in [0.1, 0.15) is 5.69 Å². The van der Waals surface area contributed by atoms with E-state index < -0.39 is 0 Å². The molecule has 1 rings (SSSR count). The van der Waals surface area contributed by atoms with Crippen LogP contribution < -0.4 is 5.32 Å². The van der Waals surface area contributed by atoms with Crippen molar-refractivity contribution in [3.8, 4) is 0 Å². The molecule has 5 heteroatoms. The molecule has 1 heterocycles. The van der Waals surface area contributed by atoms with E-state index in [0.717, 1.165) is 5.69 Å². The average Bonchev–Trinajstić information content (AvgIpc) is 2.59. The summed E-state index contributed by atoms with van der Waals surface area (Å²) in [7, 11) is 1.74. The molecule has 5 nitrogen and oxygen atoms in total. The van der Waals surface area contributed by atoms with Gasteiger partial charge in [-0.15, -0.1) is 0 Å². The Morgan fingerprint density at radius 3 is 2.59 bits per heavy atom. The SMILES string of the molecule is C[C@@H](CO)NC(=O)c1cc(C(C)(C)C)nn1C. The van der Waals surface area contributed by atoms with Gasteiger partial charge < -0.3 is 10.4 Å². The zero-order chi connectivity index (χ0) is 13.2. The first-order valence-corrected chi connectivity index (χ1v) is 5.72. The van der Waals surface area contributed by atoms with Crippen LogP contribution in [0.5, 0.6) is 0 Å². The minimum absolute atomic E-state index is 0.0737. The number of hydrogen-bond acceptors (Lipinski definition) is 3. The van der Waals surface area contributed by atoms with Gasteiger partial charge in [-0.25, -0.2) is 0 Å². The Balaban J connectivity index is 2.92. The molecule has 0 aliphatic carbocycles. The molecule has 2 N–H and O–H groups in total. The third-order valence-corrected chi connectivity index (χ3v) is 2.53. The van der Waals surface area contributed by atoms with Gasteiger partial charge in [0.05, 0.1) is 12.3 Å². The quantitative estimate of drug-likeness (QED) is 0.821. The number of nitrogens with one attached hydrogen (secondary N) is 1. The fourth-order valence-electron chi connectivity index (χ4n) is 1.39. The fourth-order valence-corrected chi connectivity index (χ4v) is 1.39. The number of hydrogen-bond donors (Lipinski definition) is 2. The van der Waals surface area contributed by atoms with Gasteiger partial charge in [0.25, 0.3) is 5.91 Å². The Morgan fingerprint density at radius 2 is 2.18 bits per heavy atom. The summed E-state index contributed by atoms with van der Waals surface area (Å²) in [6.45, 7) is 7.82. The molecule has 0 aromatic carbocycles. The maximum atomic E-state index is 11.9. The summed E-state index contributed by atoms with van der Waals surface area (Å²) >= 11 is 0. The highest BCUT2D eigenvalue weighted by Crippen LogP contribution is 2.21. The molecule has 17 heavy (non-hydrogen) atoms. The smallest absolute Gasteiger partial charge is 0.269 e. The van der Waals surface area contributed by atoms with Gasteiger partial charge in [-0.2, -0.15) is 5.10 Å². The molecule has 0 aliphatic rings. The Hall–Kier alpha value is -1.36. The van der Waals surface area contributed by atoms with Gasteiger partial charge >= 0.3 is 0 Å². The van der Waals surface area contributed by atoms with E-state index in [1.54, 1.807) is 24.7 Å². The zero-order valence-electron chi connectivity index (χ0n) is 11.1. The van der Waals surface area contributed by atoms with Crippen molar-refractivity contribution in [1.29, 1.82) is 0 Å². The fraction of sp³-hybridized carbons (Fsp3) is 0.667. The van der Waals surface area contributed by atoms with Crippen molar-refractivity contribution in [2.45, 2.75) is 39.2 Å². The van der Waals surface area contributed by atoms with E-state index in [-0.39, 0.29) is 24.0 Å². The molecule has 1 amide bonds. The standard InChI is InChI=1S/C12H21N3O2/c1-8(7-16)13-11(17)9-6-10(12(2,3)4)14-15(9)5/h6,8,16H,7H2,1-5H3,(H,13,17)/t8-/m0/s1. The van der Waals surface area contributed by atoms with Crippen LogP contribution >= 0.6 is 0 Å². The molecule has 0 spiro atoms. The molecule has 0 saturated carbocycles. The molecule has 0 fully saturated rings. The van der Waals surface area contributed by atoms with Crippen LogP contribution in [-0.2, 0) is 12.5 Å². The van der Waals surface area contributed by atoms with E-state index in [4.69, 9.17) is 5.11 Å². The maximum Gasteiger partial charge on any atom is 0.269 e. The van der Waals surface area contributed by atoms with Gasteiger partial charge in [-0.05, 0) is 13.0 Å². The minimum Gasteiger partial charge on any atom is -0.394 e. The maximum absolute atomic E-state index is 11.9. The number of carbonyl (C=O) groups is 1. The van der Waals surface area contributed by atoms with Gasteiger partial charge in [0.15, 0.2) is 0 Å². The summed E-state index contributed by atoms with van der Waals surface area (Å²) in [4.78, 5) is 11.9. The number of amides is 1. The number of aliphatic hydroxyl groups is 1. The third-order valence-electron chi connectivity index (χ3n) is 2.53. The van der Waals surface area contributed by atoms with Gasteiger partial charge in [0, 0.05) is 18.5 Å². The van der Waals surface area contributed by atoms with Gasteiger partial charge in [-0.1, -0.05) is 20.8 Å². The zero-order valence-corrected chi connectivity index (χ0v) is 11.1. The normalized spacial score (nSPS) is 13.5. The number of aromatic nitrogens is 2. The Bertz CT molecular complexity index is 404. The Labute approximate surface area is 102 Å². The monoisotopic (exact) mass is 239 g/mol. The topological polar surface area (TPSA) is 67.2 Å². The van der Waals surface area contributed by atoms with Crippen LogP contribution in [0.25, 0.3) is 0 Å². The number of carbonyl (C=O) groups excluding carboxylic acids is 1. The highest BCUT2D eigenvalue weighted by Gasteiger charge is 2.22. The molecule has 0 unspecified atom stereocenters. The van der Waals surface area contributed by atoms with Crippen molar-refractivity contribution in [3.05, 3.63) is 17.5 Å². The van der Waals surface area contributed by atoms with E-state index in [9.17, 15) is 4.79 Å². The molecule has 0 bridgehead atoms. The van der Waals surface area contributed by atoms with Crippen LogP contribution in [-0.4, -0.2) is 33.4 Å². The second-order valence-corrected chi connectivity index (χ2v) is 5.35. The van der Waals surface area contributed by atoms with E-state index >= 15 is 0 Å². The molecule has 0 aliphatic heterocycles. The lowest BCUT2D eigenvalue weighted by Gasteiger charge is -2.13. The first-order chi connectivity index (χ1) is 7.75. The summed E-state index contributed by atoms with van der Waals surface area (Å²) in [5.41, 5.74) is 1.30. The Kier molecular flexibility index (Phi) is 3.93. The van der Waals surface area contributed by atoms with Crippen LogP contribution in [0.4, 0.5) is 0 Å². The van der Waals surface area contributed by atoms with E-state index in [0.29, 0.717) is 5.69 Å². The van der Waals surface area contributed by atoms with Crippen molar-refractivity contribution in [2.24, 2.45) is 7.05 Å². The first-order valence-electron chi connectivity index (χ1n) is 5.72. The lowest BCUT2D eigenvalue weighted by Crippen LogP contribution is -2.36. The number of rotatable bonds is 3. The largest absolute Gasteiger partial charge is 0.394 e. The van der Waals surface area contributed by atoms with E-state index in [1.807, 2.05) is 20.8 Å². The average molecular weight is 239 g/mol. The predicted molar refractivity (Wildman–Crippen MR) is 65.9 cm³/mol. The molecular weight excluding hydrogens is 218 g/mol. The predicted octanol–water partition coefficient (Wildman–Crippen LogP) is 0.828. The van der Waals surface area contributed by atoms with Crippen LogP contribution in [0, 0.1) is 0 Å². The molecule has 1 aromatic heterocycles. The van der Waals surface area contributed by atoms with Crippen molar-refractivity contribution >= 4 is 5.91 Å². The van der Waals surface area contributed by atoms with E-state index in [1.165, 1.54) is 0 Å². The van der Waals surface area contributed by atoms with Crippen LogP contribution in [0.3, 0.4) is 0 Å². The lowest BCUT2D eigenvalue weighted by molar-refractivity contribution is 0.0913. The summed E-state index contributed by atoms with van der Waals surface area (Å²) in [6, 6.07) is 1.54. The number of aryl methyl sites for hydroxylation is 1. The molecule has 96 valence electrons. The molecule has 0 radical (unpaired) electrons.